The molecule has 1 saturated heterocycles. The van der Waals surface area contributed by atoms with Gasteiger partial charge in [-0.15, -0.1) is 0 Å². The first-order chi connectivity index (χ1) is 19.9. The van der Waals surface area contributed by atoms with Gasteiger partial charge in [-0.3, -0.25) is 4.79 Å². The van der Waals surface area contributed by atoms with E-state index in [1.165, 1.54) is 0 Å². The molecule has 10 nitrogen and oxygen atoms in total. The first-order valence-corrected chi connectivity index (χ1v) is 16.3. The van der Waals surface area contributed by atoms with Gasteiger partial charge in [0.25, 0.3) is 0 Å². The van der Waals surface area contributed by atoms with Crippen molar-refractivity contribution in [2.45, 2.75) is 135 Å². The Kier molecular flexibility index (Phi) is 9.69. The summed E-state index contributed by atoms with van der Waals surface area (Å²) in [7, 11) is 0. The van der Waals surface area contributed by atoms with E-state index in [0.29, 0.717) is 38.7 Å². The monoisotopic (exact) mass is 598 g/mol. The molecule has 0 amide bonds. The van der Waals surface area contributed by atoms with Crippen LogP contribution >= 0.6 is 0 Å². The van der Waals surface area contributed by atoms with Crippen molar-refractivity contribution >= 4 is 5.97 Å². The fourth-order valence-corrected chi connectivity index (χ4v) is 10.4. The first kappa shape index (κ1) is 32.5. The van der Waals surface area contributed by atoms with Crippen molar-refractivity contribution < 1.29 is 49.6 Å². The van der Waals surface area contributed by atoms with Crippen LogP contribution in [0.5, 0.6) is 0 Å². The zero-order valence-electron chi connectivity index (χ0n) is 25.7. The van der Waals surface area contributed by atoms with Gasteiger partial charge < -0.3 is 44.8 Å². The van der Waals surface area contributed by atoms with Crippen molar-refractivity contribution in [3.63, 3.8) is 0 Å². The van der Waals surface area contributed by atoms with Crippen molar-refractivity contribution in [1.82, 2.24) is 0 Å². The third kappa shape index (κ3) is 5.46. The summed E-state index contributed by atoms with van der Waals surface area (Å²) in [6.45, 7) is 8.36. The van der Waals surface area contributed by atoms with Gasteiger partial charge in [-0.1, -0.05) is 20.8 Å². The Hall–Kier alpha value is -0.850. The van der Waals surface area contributed by atoms with E-state index in [1.807, 2.05) is 6.92 Å². The van der Waals surface area contributed by atoms with Gasteiger partial charge in [0.1, 0.15) is 24.4 Å². The maximum atomic E-state index is 12.1. The summed E-state index contributed by atoms with van der Waals surface area (Å²) in [5.41, 5.74) is -0.460. The number of fused-ring (bicyclic) bond motifs is 5. The lowest BCUT2D eigenvalue weighted by Crippen LogP contribution is -2.65. The molecule has 0 aromatic heterocycles. The van der Waals surface area contributed by atoms with Crippen LogP contribution < -0.4 is 0 Å². The molecular formula is C32H54O10. The molecule has 0 spiro atoms. The smallest absolute Gasteiger partial charge is 0.305 e. The Bertz CT molecular complexity index is 946. The lowest BCUT2D eigenvalue weighted by Gasteiger charge is -2.64. The van der Waals surface area contributed by atoms with Crippen LogP contribution in [-0.4, -0.2) is 98.8 Å². The van der Waals surface area contributed by atoms with Crippen LogP contribution in [0.25, 0.3) is 0 Å². The van der Waals surface area contributed by atoms with Crippen LogP contribution in [-0.2, 0) is 19.0 Å². The number of aliphatic hydroxyl groups excluding tert-OH is 6. The summed E-state index contributed by atoms with van der Waals surface area (Å²) in [5.74, 6) is 0.754. The minimum atomic E-state index is -1.52. The summed E-state index contributed by atoms with van der Waals surface area (Å²) < 4.78 is 17.6. The Morgan fingerprint density at radius 3 is 2.40 bits per heavy atom. The normalized spacial score (nSPS) is 51.2. The number of rotatable bonds is 8. The molecule has 16 atom stereocenters. The molecule has 0 bridgehead atoms. The van der Waals surface area contributed by atoms with Crippen molar-refractivity contribution in [3.8, 4) is 0 Å². The van der Waals surface area contributed by atoms with Gasteiger partial charge in [0.05, 0.1) is 31.5 Å². The van der Waals surface area contributed by atoms with Gasteiger partial charge in [0.15, 0.2) is 6.29 Å². The van der Waals surface area contributed by atoms with Crippen LogP contribution in [0.3, 0.4) is 0 Å². The van der Waals surface area contributed by atoms with E-state index in [1.54, 1.807) is 0 Å². The molecule has 0 radical (unpaired) electrons. The van der Waals surface area contributed by atoms with E-state index in [2.05, 4.69) is 20.8 Å². The van der Waals surface area contributed by atoms with Crippen LogP contribution in [0.1, 0.15) is 85.5 Å². The van der Waals surface area contributed by atoms with Crippen LogP contribution in [0.2, 0.25) is 0 Å². The van der Waals surface area contributed by atoms with Crippen LogP contribution in [0, 0.1) is 46.3 Å². The topological polar surface area (TPSA) is 166 Å². The third-order valence-electron chi connectivity index (χ3n) is 12.8. The summed E-state index contributed by atoms with van der Waals surface area (Å²) in [5, 5.41) is 64.0. The molecule has 0 aromatic carbocycles. The van der Waals surface area contributed by atoms with E-state index >= 15 is 0 Å². The van der Waals surface area contributed by atoms with Gasteiger partial charge in [-0.2, -0.15) is 0 Å². The average molecular weight is 599 g/mol. The van der Waals surface area contributed by atoms with E-state index in [-0.39, 0.29) is 64.5 Å². The van der Waals surface area contributed by atoms with Gasteiger partial charge in [-0.25, -0.2) is 0 Å². The van der Waals surface area contributed by atoms with E-state index in [4.69, 9.17) is 14.2 Å². The first-order valence-electron chi connectivity index (χ1n) is 16.3. The number of carbonyl (C=O) groups is 1. The molecule has 42 heavy (non-hydrogen) atoms. The molecular weight excluding hydrogens is 544 g/mol. The summed E-state index contributed by atoms with van der Waals surface area (Å²) in [6.07, 6.45) is -1.51. The minimum Gasteiger partial charge on any atom is -0.466 e. The molecule has 5 aliphatic rings. The molecule has 10 heteroatoms. The van der Waals surface area contributed by atoms with E-state index < -0.39 is 43.4 Å². The Morgan fingerprint density at radius 2 is 1.71 bits per heavy atom. The third-order valence-corrected chi connectivity index (χ3v) is 12.8. The Morgan fingerprint density at radius 1 is 0.976 bits per heavy atom. The highest BCUT2D eigenvalue weighted by Crippen LogP contribution is 2.69. The predicted octanol–water partition coefficient (Wildman–Crippen LogP) is 1.75. The number of hydrogen-bond acceptors (Lipinski definition) is 10. The Balaban J connectivity index is 1.44. The molecule has 242 valence electrons. The van der Waals surface area contributed by atoms with Crippen molar-refractivity contribution in [3.05, 3.63) is 0 Å². The number of esters is 1. The van der Waals surface area contributed by atoms with Crippen LogP contribution in [0.15, 0.2) is 0 Å². The molecule has 0 aromatic rings. The fraction of sp³-hybridized carbons (Fsp3) is 0.969. The van der Waals surface area contributed by atoms with Crippen molar-refractivity contribution in [1.29, 1.82) is 0 Å². The lowest BCUT2D eigenvalue weighted by molar-refractivity contribution is -0.330. The number of aliphatic hydroxyl groups is 6. The SMILES string of the molecule is CCOC(=O)CCC(C)[C@H]1CCC2C3C(C[C@H](O)[C@@]21C)[C@@]1(C)CC[C@@H](O)C[C@H]1C[C@H]3O[C@@H]1O[C@H](CO)[C@H](O)[C@H](O)[C@H]1O. The quantitative estimate of drug-likeness (QED) is 0.179. The second-order valence-corrected chi connectivity index (χ2v) is 14.7. The second-order valence-electron chi connectivity index (χ2n) is 14.7. The zero-order valence-corrected chi connectivity index (χ0v) is 25.7. The summed E-state index contributed by atoms with van der Waals surface area (Å²) >= 11 is 0. The zero-order chi connectivity index (χ0) is 30.6. The van der Waals surface area contributed by atoms with E-state index in [9.17, 15) is 35.4 Å². The standard InChI is InChI=1S/C32H54O10/c1-5-40-25(36)9-6-16(2)19-7-8-20-26-21(14-24(35)32(19,20)4)31(3)11-10-18(34)12-17(31)13-22(26)41-30-29(39)28(38)27(37)23(15-33)42-30/h16-24,26-30,33-35,37-39H,5-15H2,1-4H3/t16?,17-,18+,19+,20?,21?,22+,23+,24-,26?,27-,28-,29+,30+,31-,32+/m0/s1. The molecule has 1 heterocycles. The van der Waals surface area contributed by atoms with Gasteiger partial charge >= 0.3 is 5.97 Å². The molecule has 1 aliphatic heterocycles. The van der Waals surface area contributed by atoms with Crippen molar-refractivity contribution in [2.75, 3.05) is 13.2 Å². The predicted molar refractivity (Wildman–Crippen MR) is 152 cm³/mol. The van der Waals surface area contributed by atoms with Crippen LogP contribution in [0.4, 0.5) is 0 Å². The van der Waals surface area contributed by atoms with Gasteiger partial charge in [-0.05, 0) is 105 Å². The maximum absolute atomic E-state index is 12.1. The number of hydrogen-bond donors (Lipinski definition) is 6. The summed E-state index contributed by atoms with van der Waals surface area (Å²) in [4.78, 5) is 12.1. The maximum Gasteiger partial charge on any atom is 0.305 e. The summed E-state index contributed by atoms with van der Waals surface area (Å²) in [6, 6.07) is 0. The molecule has 4 unspecified atom stereocenters. The van der Waals surface area contributed by atoms with E-state index in [0.717, 1.165) is 25.7 Å². The highest BCUT2D eigenvalue weighted by Gasteiger charge is 2.66. The number of ether oxygens (including phenoxy) is 3. The highest BCUT2D eigenvalue weighted by atomic mass is 16.7. The average Bonchev–Trinajstić information content (AvgIpc) is 3.32. The molecule has 4 aliphatic carbocycles. The Labute approximate surface area is 249 Å². The second kappa shape index (κ2) is 12.5. The molecule has 6 N–H and O–H groups in total. The van der Waals surface area contributed by atoms with Crippen molar-refractivity contribution in [2.24, 2.45) is 46.3 Å². The molecule has 5 rings (SSSR count). The fourth-order valence-electron chi connectivity index (χ4n) is 10.4. The largest absolute Gasteiger partial charge is 0.466 e. The molecule has 4 saturated carbocycles. The lowest BCUT2D eigenvalue weighted by atomic mass is 9.43. The number of carbonyl (C=O) groups excluding carboxylic acids is 1. The highest BCUT2D eigenvalue weighted by molar-refractivity contribution is 5.69. The molecule has 5 fully saturated rings. The van der Waals surface area contributed by atoms with Gasteiger partial charge in [0.2, 0.25) is 0 Å². The van der Waals surface area contributed by atoms with Gasteiger partial charge in [0, 0.05) is 6.42 Å². The minimum absolute atomic E-state index is 0.0597.